The minimum atomic E-state index is -0.741. The molecule has 0 amide bonds. The molecular weight excluding hydrogens is 286 g/mol. The molecule has 1 aromatic rings. The van der Waals surface area contributed by atoms with E-state index in [9.17, 15) is 4.79 Å². The molecule has 1 aliphatic heterocycles. The largest absolute Gasteiger partial charge is 0.460 e. The van der Waals surface area contributed by atoms with Gasteiger partial charge in [-0.15, -0.1) is 0 Å². The van der Waals surface area contributed by atoms with E-state index >= 15 is 0 Å². The van der Waals surface area contributed by atoms with Gasteiger partial charge in [0.1, 0.15) is 0 Å². The Labute approximate surface area is 121 Å². The van der Waals surface area contributed by atoms with Crippen molar-refractivity contribution in [2.45, 2.75) is 19.4 Å². The van der Waals surface area contributed by atoms with Crippen LogP contribution < -0.4 is 5.73 Å². The number of benzene rings is 1. The molecule has 0 bridgehead atoms. The Morgan fingerprint density at radius 2 is 2.11 bits per heavy atom. The fourth-order valence-corrected chi connectivity index (χ4v) is 2.26. The number of hydrogen-bond donors (Lipinski definition) is 1. The average Bonchev–Trinajstić information content (AvgIpc) is 2.68. The molecule has 19 heavy (non-hydrogen) atoms. The second-order valence-electron chi connectivity index (χ2n) is 4.01. The van der Waals surface area contributed by atoms with Crippen molar-refractivity contribution in [3.05, 3.63) is 46.5 Å². The van der Waals surface area contributed by atoms with Crippen LogP contribution >= 0.6 is 23.6 Å². The zero-order valence-electron chi connectivity index (χ0n) is 10.4. The highest BCUT2D eigenvalue weighted by atomic mass is 35.5. The van der Waals surface area contributed by atoms with Crippen molar-refractivity contribution in [1.29, 1.82) is 0 Å². The molecule has 1 heterocycles. The van der Waals surface area contributed by atoms with E-state index in [1.165, 1.54) is 12.0 Å². The first kappa shape index (κ1) is 14.1. The van der Waals surface area contributed by atoms with Gasteiger partial charge >= 0.3 is 0 Å². The molecule has 1 unspecified atom stereocenters. The van der Waals surface area contributed by atoms with Crippen molar-refractivity contribution in [3.63, 3.8) is 0 Å². The molecular formula is C13H14ClNO3S. The van der Waals surface area contributed by atoms with Gasteiger partial charge in [0.2, 0.25) is 17.4 Å². The van der Waals surface area contributed by atoms with E-state index in [0.29, 0.717) is 10.6 Å². The Morgan fingerprint density at radius 3 is 2.74 bits per heavy atom. The first-order valence-electron chi connectivity index (χ1n) is 5.89. The molecule has 2 N–H and O–H groups in total. The quantitative estimate of drug-likeness (QED) is 0.668. The topological polar surface area (TPSA) is 61.6 Å². The third-order valence-corrected chi connectivity index (χ3v) is 3.64. The predicted molar refractivity (Wildman–Crippen MR) is 75.3 cm³/mol. The van der Waals surface area contributed by atoms with Crippen LogP contribution in [-0.2, 0) is 13.7 Å². The summed E-state index contributed by atoms with van der Waals surface area (Å²) in [6, 6.07) is 6.88. The van der Waals surface area contributed by atoms with E-state index in [1.54, 1.807) is 24.3 Å². The normalized spacial score (nSPS) is 18.6. The monoisotopic (exact) mass is 299 g/mol. The Morgan fingerprint density at radius 1 is 1.42 bits per heavy atom. The van der Waals surface area contributed by atoms with E-state index in [0.717, 1.165) is 12.2 Å². The molecule has 0 spiro atoms. The number of carbonyl (C=O) groups excluding carboxylic acids is 1. The Bertz CT molecular complexity index is 501. The fourth-order valence-electron chi connectivity index (χ4n) is 1.60. The molecule has 102 valence electrons. The van der Waals surface area contributed by atoms with Crippen molar-refractivity contribution in [2.75, 3.05) is 5.75 Å². The van der Waals surface area contributed by atoms with Crippen LogP contribution in [-0.4, -0.2) is 11.5 Å². The van der Waals surface area contributed by atoms with Gasteiger partial charge in [0.05, 0.1) is 12.0 Å². The molecule has 0 aliphatic carbocycles. The van der Waals surface area contributed by atoms with Crippen molar-refractivity contribution in [1.82, 2.24) is 0 Å². The van der Waals surface area contributed by atoms with Crippen LogP contribution in [0.15, 0.2) is 35.9 Å². The molecule has 4 nitrogen and oxygen atoms in total. The maximum absolute atomic E-state index is 12.2. The summed E-state index contributed by atoms with van der Waals surface area (Å²) in [7, 11) is 0. The maximum Gasteiger partial charge on any atom is 0.249 e. The van der Waals surface area contributed by atoms with Crippen molar-refractivity contribution < 1.29 is 13.7 Å². The van der Waals surface area contributed by atoms with Gasteiger partial charge in [-0.1, -0.05) is 30.7 Å². The highest BCUT2D eigenvalue weighted by molar-refractivity contribution is 7.94. The second kappa shape index (κ2) is 6.21. The summed E-state index contributed by atoms with van der Waals surface area (Å²) in [5.41, 5.74) is 6.39. The summed E-state index contributed by atoms with van der Waals surface area (Å²) in [4.78, 5) is 12.2. The lowest BCUT2D eigenvalue weighted by molar-refractivity contribution is -0.122. The maximum atomic E-state index is 12.2. The number of ketones is 1. The second-order valence-corrected chi connectivity index (χ2v) is 5.26. The van der Waals surface area contributed by atoms with E-state index < -0.39 is 6.10 Å². The first-order chi connectivity index (χ1) is 9.13. The standard InChI is InChI=1S/C13H14ClNO3S/c1-2-7-19-18-12-10(16)11(17-13(12)15)8-3-5-9(14)6-4-8/h3-6,11H,2,7,15H2,1H3. The van der Waals surface area contributed by atoms with Crippen LogP contribution in [0, 0.1) is 0 Å². The molecule has 0 fully saturated rings. The predicted octanol–water partition coefficient (Wildman–Crippen LogP) is 3.18. The van der Waals surface area contributed by atoms with Gasteiger partial charge in [-0.05, 0) is 18.6 Å². The number of nitrogens with two attached hydrogens (primary N) is 1. The molecule has 2 rings (SSSR count). The van der Waals surface area contributed by atoms with Crippen LogP contribution in [0.2, 0.25) is 5.02 Å². The first-order valence-corrected chi connectivity index (χ1v) is 7.18. The number of rotatable bonds is 5. The lowest BCUT2D eigenvalue weighted by atomic mass is 10.1. The summed E-state index contributed by atoms with van der Waals surface area (Å²) in [5, 5.41) is 0.602. The Balaban J connectivity index is 2.08. The molecule has 1 atom stereocenters. The summed E-state index contributed by atoms with van der Waals surface area (Å²) in [5.74, 6) is 0.658. The van der Waals surface area contributed by atoms with Crippen LogP contribution in [0.5, 0.6) is 0 Å². The van der Waals surface area contributed by atoms with Crippen molar-refractivity contribution in [3.8, 4) is 0 Å². The van der Waals surface area contributed by atoms with Crippen LogP contribution in [0.25, 0.3) is 0 Å². The molecule has 0 saturated heterocycles. The van der Waals surface area contributed by atoms with Gasteiger partial charge < -0.3 is 14.7 Å². The van der Waals surface area contributed by atoms with Gasteiger partial charge in [-0.25, -0.2) is 0 Å². The van der Waals surface area contributed by atoms with Gasteiger partial charge in [0.15, 0.2) is 6.10 Å². The van der Waals surface area contributed by atoms with Gasteiger partial charge in [0, 0.05) is 16.3 Å². The minimum Gasteiger partial charge on any atom is -0.460 e. The average molecular weight is 300 g/mol. The molecule has 1 aromatic carbocycles. The third-order valence-electron chi connectivity index (χ3n) is 2.53. The van der Waals surface area contributed by atoms with Gasteiger partial charge in [-0.3, -0.25) is 4.79 Å². The highest BCUT2D eigenvalue weighted by Gasteiger charge is 2.37. The van der Waals surface area contributed by atoms with E-state index in [1.807, 2.05) is 6.92 Å². The third kappa shape index (κ3) is 3.16. The van der Waals surface area contributed by atoms with Crippen LogP contribution in [0.4, 0.5) is 0 Å². The number of halogens is 1. The molecule has 0 aromatic heterocycles. The van der Waals surface area contributed by atoms with Gasteiger partial charge in [-0.2, -0.15) is 0 Å². The number of ether oxygens (including phenoxy) is 1. The lowest BCUT2D eigenvalue weighted by Gasteiger charge is -2.09. The summed E-state index contributed by atoms with van der Waals surface area (Å²) < 4.78 is 10.7. The Kier molecular flexibility index (Phi) is 4.61. The van der Waals surface area contributed by atoms with E-state index in [-0.39, 0.29) is 17.4 Å². The molecule has 6 heteroatoms. The van der Waals surface area contributed by atoms with Gasteiger partial charge in [0.25, 0.3) is 0 Å². The zero-order valence-corrected chi connectivity index (χ0v) is 12.0. The van der Waals surface area contributed by atoms with Crippen LogP contribution in [0.3, 0.4) is 0 Å². The molecule has 0 saturated carbocycles. The lowest BCUT2D eigenvalue weighted by Crippen LogP contribution is -2.10. The molecule has 1 aliphatic rings. The molecule has 0 radical (unpaired) electrons. The van der Waals surface area contributed by atoms with E-state index in [2.05, 4.69) is 0 Å². The summed E-state index contributed by atoms with van der Waals surface area (Å²) in [6.07, 6.45) is 0.211. The van der Waals surface area contributed by atoms with Crippen molar-refractivity contribution >= 4 is 29.4 Å². The summed E-state index contributed by atoms with van der Waals surface area (Å²) >= 11 is 7.01. The van der Waals surface area contributed by atoms with Crippen molar-refractivity contribution in [2.24, 2.45) is 5.73 Å². The summed E-state index contributed by atoms with van der Waals surface area (Å²) in [6.45, 7) is 2.03. The highest BCUT2D eigenvalue weighted by Crippen LogP contribution is 2.33. The van der Waals surface area contributed by atoms with E-state index in [4.69, 9.17) is 26.3 Å². The fraction of sp³-hybridized carbons (Fsp3) is 0.308. The Hall–Kier alpha value is -1.33. The minimum absolute atomic E-state index is 0.0357. The zero-order chi connectivity index (χ0) is 13.8. The number of Topliss-reactive ketones (excluding diaryl/α,β-unsaturated/α-hetero) is 1. The SMILES string of the molecule is CCCSOC1=C(N)OC(c2ccc(Cl)cc2)C1=O. The number of carbonyl (C=O) groups is 1. The van der Waals surface area contributed by atoms with Crippen LogP contribution in [0.1, 0.15) is 25.0 Å². The number of hydrogen-bond acceptors (Lipinski definition) is 5. The smallest absolute Gasteiger partial charge is 0.249 e.